The zero-order valence-corrected chi connectivity index (χ0v) is 11.0. The molecule has 1 aliphatic heterocycles. The van der Waals surface area contributed by atoms with E-state index in [2.05, 4.69) is 0 Å². The molecule has 1 fully saturated rings. The summed E-state index contributed by atoms with van der Waals surface area (Å²) >= 11 is 5.80. The van der Waals surface area contributed by atoms with Gasteiger partial charge in [0.25, 0.3) is 0 Å². The zero-order valence-electron chi connectivity index (χ0n) is 9.47. The van der Waals surface area contributed by atoms with E-state index in [4.69, 9.17) is 22.1 Å². The molecule has 17 heavy (non-hydrogen) atoms. The molecule has 0 aliphatic carbocycles. The number of benzene rings is 1. The second-order valence-corrected chi connectivity index (χ2v) is 6.31. The molecule has 1 aromatic rings. The number of nitrogens with two attached hydrogens (primary N) is 1. The lowest BCUT2D eigenvalue weighted by molar-refractivity contribution is 0.0903. The van der Waals surface area contributed by atoms with Gasteiger partial charge in [0.15, 0.2) is 0 Å². The molecule has 0 saturated carbocycles. The van der Waals surface area contributed by atoms with E-state index < -0.39 is 10.8 Å². The maximum atomic E-state index is 12.2. The summed E-state index contributed by atoms with van der Waals surface area (Å²) < 4.78 is 17.5. The van der Waals surface area contributed by atoms with Gasteiger partial charge in [0.1, 0.15) is 0 Å². The van der Waals surface area contributed by atoms with Crippen molar-refractivity contribution in [3.8, 4) is 0 Å². The molecule has 1 saturated heterocycles. The molecular weight excluding hydrogens is 258 g/mol. The Labute approximate surface area is 109 Å². The Kier molecular flexibility index (Phi) is 4.56. The van der Waals surface area contributed by atoms with Gasteiger partial charge in [-0.3, -0.25) is 4.21 Å². The second kappa shape index (κ2) is 5.96. The molecule has 2 N–H and O–H groups in total. The topological polar surface area (TPSA) is 52.3 Å². The normalized spacial score (nSPS) is 26.7. The summed E-state index contributed by atoms with van der Waals surface area (Å²) in [6.45, 7) is 1.18. The first-order valence-electron chi connectivity index (χ1n) is 5.62. The molecule has 94 valence electrons. The Morgan fingerprint density at radius 3 is 2.76 bits per heavy atom. The van der Waals surface area contributed by atoms with Crippen LogP contribution in [0.1, 0.15) is 12.0 Å². The van der Waals surface area contributed by atoms with E-state index in [0.717, 1.165) is 12.0 Å². The minimum Gasteiger partial charge on any atom is -0.380 e. The smallest absolute Gasteiger partial charge is 0.0736 e. The fourth-order valence-electron chi connectivity index (χ4n) is 1.85. The van der Waals surface area contributed by atoms with Crippen LogP contribution in [0.4, 0.5) is 0 Å². The number of hydrogen-bond donors (Lipinski definition) is 1. The van der Waals surface area contributed by atoms with Crippen LogP contribution in [0.5, 0.6) is 0 Å². The highest BCUT2D eigenvalue weighted by atomic mass is 35.5. The molecular formula is C12H16ClNO2S. The summed E-state index contributed by atoms with van der Waals surface area (Å²) in [6, 6.07) is 7.40. The molecule has 0 aromatic heterocycles. The summed E-state index contributed by atoms with van der Waals surface area (Å²) in [6.07, 6.45) is 0.789. The van der Waals surface area contributed by atoms with Crippen LogP contribution in [0.2, 0.25) is 5.02 Å². The highest BCUT2D eigenvalue weighted by molar-refractivity contribution is 7.84. The monoisotopic (exact) mass is 273 g/mol. The number of halogens is 1. The Morgan fingerprint density at radius 2 is 2.12 bits per heavy atom. The Morgan fingerprint density at radius 1 is 1.41 bits per heavy atom. The minimum absolute atomic E-state index is 0.0168. The maximum absolute atomic E-state index is 12.2. The van der Waals surface area contributed by atoms with E-state index in [1.807, 2.05) is 24.3 Å². The van der Waals surface area contributed by atoms with Gasteiger partial charge in [-0.1, -0.05) is 23.7 Å². The van der Waals surface area contributed by atoms with Gasteiger partial charge in [0, 0.05) is 34.2 Å². The van der Waals surface area contributed by atoms with Crippen LogP contribution in [-0.4, -0.2) is 28.7 Å². The molecule has 0 amide bonds. The van der Waals surface area contributed by atoms with Gasteiger partial charge >= 0.3 is 0 Å². The standard InChI is InChI=1S/C12H16ClNO2S/c13-10-3-1-9(2-4-10)8-17(15)12-7-16-6-5-11(12)14/h1-4,11-12H,5-8,14H2. The SMILES string of the molecule is NC1CCOCC1S(=O)Cc1ccc(Cl)cc1. The van der Waals surface area contributed by atoms with Crippen molar-refractivity contribution in [2.45, 2.75) is 23.5 Å². The van der Waals surface area contributed by atoms with Gasteiger partial charge in [-0.15, -0.1) is 0 Å². The molecule has 3 unspecified atom stereocenters. The quantitative estimate of drug-likeness (QED) is 0.912. The molecule has 0 spiro atoms. The Balaban J connectivity index is 1.98. The first kappa shape index (κ1) is 13.0. The molecule has 5 heteroatoms. The van der Waals surface area contributed by atoms with Crippen LogP contribution >= 0.6 is 11.6 Å². The fourth-order valence-corrected chi connectivity index (χ4v) is 3.49. The van der Waals surface area contributed by atoms with Crippen molar-refractivity contribution in [1.29, 1.82) is 0 Å². The lowest BCUT2D eigenvalue weighted by Crippen LogP contribution is -2.45. The van der Waals surface area contributed by atoms with Crippen LogP contribution in [-0.2, 0) is 21.3 Å². The van der Waals surface area contributed by atoms with Gasteiger partial charge < -0.3 is 10.5 Å². The third-order valence-corrected chi connectivity index (χ3v) is 4.95. The maximum Gasteiger partial charge on any atom is 0.0736 e. The lowest BCUT2D eigenvalue weighted by Gasteiger charge is -2.27. The average molecular weight is 274 g/mol. The van der Waals surface area contributed by atoms with Crippen molar-refractivity contribution in [3.63, 3.8) is 0 Å². The van der Waals surface area contributed by atoms with Crippen molar-refractivity contribution in [2.75, 3.05) is 13.2 Å². The van der Waals surface area contributed by atoms with E-state index in [-0.39, 0.29) is 11.3 Å². The van der Waals surface area contributed by atoms with E-state index in [0.29, 0.717) is 24.0 Å². The number of hydrogen-bond acceptors (Lipinski definition) is 3. The van der Waals surface area contributed by atoms with E-state index >= 15 is 0 Å². The molecule has 1 aliphatic rings. The summed E-state index contributed by atoms with van der Waals surface area (Å²) in [7, 11) is -0.987. The van der Waals surface area contributed by atoms with Crippen molar-refractivity contribution in [3.05, 3.63) is 34.9 Å². The first-order chi connectivity index (χ1) is 8.16. The first-order valence-corrected chi connectivity index (χ1v) is 7.38. The van der Waals surface area contributed by atoms with Crippen molar-refractivity contribution < 1.29 is 8.95 Å². The predicted molar refractivity (Wildman–Crippen MR) is 70.5 cm³/mol. The van der Waals surface area contributed by atoms with Gasteiger partial charge in [-0.2, -0.15) is 0 Å². The predicted octanol–water partition coefficient (Wildman–Crippen LogP) is 1.70. The molecule has 1 aromatic carbocycles. The van der Waals surface area contributed by atoms with Crippen molar-refractivity contribution in [2.24, 2.45) is 5.73 Å². The zero-order chi connectivity index (χ0) is 12.3. The van der Waals surface area contributed by atoms with Gasteiger partial charge in [0.2, 0.25) is 0 Å². The Hall–Kier alpha value is -0.420. The van der Waals surface area contributed by atoms with Gasteiger partial charge in [-0.05, 0) is 24.1 Å². The molecule has 3 atom stereocenters. The molecule has 0 radical (unpaired) electrons. The van der Waals surface area contributed by atoms with Crippen LogP contribution in [0.15, 0.2) is 24.3 Å². The highest BCUT2D eigenvalue weighted by Crippen LogP contribution is 2.17. The number of rotatable bonds is 3. The summed E-state index contributed by atoms with van der Waals surface area (Å²) in [5.74, 6) is 0.513. The van der Waals surface area contributed by atoms with Gasteiger partial charge in [-0.25, -0.2) is 0 Å². The molecule has 2 rings (SSSR count). The van der Waals surface area contributed by atoms with Crippen molar-refractivity contribution >= 4 is 22.4 Å². The number of ether oxygens (including phenoxy) is 1. The summed E-state index contributed by atoms with van der Waals surface area (Å²) in [4.78, 5) is 0. The van der Waals surface area contributed by atoms with Gasteiger partial charge in [0.05, 0.1) is 11.9 Å². The van der Waals surface area contributed by atoms with Crippen LogP contribution in [0.25, 0.3) is 0 Å². The second-order valence-electron chi connectivity index (χ2n) is 4.22. The highest BCUT2D eigenvalue weighted by Gasteiger charge is 2.27. The largest absolute Gasteiger partial charge is 0.380 e. The van der Waals surface area contributed by atoms with Crippen LogP contribution < -0.4 is 5.73 Å². The summed E-state index contributed by atoms with van der Waals surface area (Å²) in [5.41, 5.74) is 6.98. The molecule has 3 nitrogen and oxygen atoms in total. The third kappa shape index (κ3) is 3.52. The Bertz CT molecular complexity index is 396. The molecule has 1 heterocycles. The average Bonchev–Trinajstić information content (AvgIpc) is 2.32. The molecule has 0 bridgehead atoms. The minimum atomic E-state index is -0.987. The third-order valence-electron chi connectivity index (χ3n) is 2.92. The fraction of sp³-hybridized carbons (Fsp3) is 0.500. The van der Waals surface area contributed by atoms with Crippen molar-refractivity contribution in [1.82, 2.24) is 0 Å². The van der Waals surface area contributed by atoms with E-state index in [1.165, 1.54) is 0 Å². The van der Waals surface area contributed by atoms with Crippen LogP contribution in [0.3, 0.4) is 0 Å². The lowest BCUT2D eigenvalue weighted by atomic mass is 10.1. The van der Waals surface area contributed by atoms with E-state index in [9.17, 15) is 4.21 Å². The summed E-state index contributed by atoms with van der Waals surface area (Å²) in [5, 5.41) is 0.636. The van der Waals surface area contributed by atoms with Crippen LogP contribution in [0, 0.1) is 0 Å². The van der Waals surface area contributed by atoms with E-state index in [1.54, 1.807) is 0 Å².